The number of anilines is 1. The fourth-order valence-corrected chi connectivity index (χ4v) is 2.36. The van der Waals surface area contributed by atoms with E-state index in [9.17, 15) is 10.1 Å². The van der Waals surface area contributed by atoms with Crippen molar-refractivity contribution >= 4 is 11.5 Å². The van der Waals surface area contributed by atoms with Crippen molar-refractivity contribution in [3.05, 3.63) is 15.8 Å². The molecule has 1 aromatic heterocycles. The normalized spacial score (nSPS) is 11.7. The standard InChI is InChI=1S/C13H25N5O2/c1-6-7-10-11(18(19)20)12(17(5)15-10)16(4)9-13(2,3)8-14/h6-9,14H2,1-5H3. The molecular formula is C13H25N5O2. The first-order chi connectivity index (χ1) is 9.23. The van der Waals surface area contributed by atoms with E-state index in [1.165, 1.54) is 0 Å². The van der Waals surface area contributed by atoms with E-state index in [4.69, 9.17) is 5.73 Å². The summed E-state index contributed by atoms with van der Waals surface area (Å²) in [6, 6.07) is 0. The van der Waals surface area contributed by atoms with Crippen molar-refractivity contribution in [3.63, 3.8) is 0 Å². The van der Waals surface area contributed by atoms with Crippen LogP contribution >= 0.6 is 0 Å². The van der Waals surface area contributed by atoms with E-state index in [0.29, 0.717) is 31.0 Å². The highest BCUT2D eigenvalue weighted by Gasteiger charge is 2.30. The van der Waals surface area contributed by atoms with E-state index < -0.39 is 0 Å². The maximum atomic E-state index is 11.4. The third-order valence-corrected chi connectivity index (χ3v) is 3.31. The Hall–Kier alpha value is -1.63. The first-order valence-corrected chi connectivity index (χ1v) is 6.85. The van der Waals surface area contributed by atoms with Gasteiger partial charge in [0.25, 0.3) is 0 Å². The monoisotopic (exact) mass is 283 g/mol. The van der Waals surface area contributed by atoms with Gasteiger partial charge in [0.1, 0.15) is 5.69 Å². The van der Waals surface area contributed by atoms with Crippen LogP contribution in [0, 0.1) is 15.5 Å². The molecular weight excluding hydrogens is 258 g/mol. The molecule has 0 spiro atoms. The molecule has 20 heavy (non-hydrogen) atoms. The molecule has 0 fully saturated rings. The molecule has 1 rings (SSSR count). The first-order valence-electron chi connectivity index (χ1n) is 6.85. The van der Waals surface area contributed by atoms with Gasteiger partial charge in [0.05, 0.1) is 4.92 Å². The van der Waals surface area contributed by atoms with Gasteiger partial charge < -0.3 is 10.6 Å². The molecule has 0 bridgehead atoms. The Morgan fingerprint density at radius 1 is 1.50 bits per heavy atom. The van der Waals surface area contributed by atoms with Gasteiger partial charge >= 0.3 is 5.69 Å². The Morgan fingerprint density at radius 3 is 2.55 bits per heavy atom. The van der Waals surface area contributed by atoms with Crippen molar-refractivity contribution in [2.24, 2.45) is 18.2 Å². The van der Waals surface area contributed by atoms with Crippen molar-refractivity contribution in [1.29, 1.82) is 0 Å². The minimum atomic E-state index is -0.334. The number of nitro groups is 1. The van der Waals surface area contributed by atoms with E-state index in [2.05, 4.69) is 5.10 Å². The molecule has 1 heterocycles. The fourth-order valence-electron chi connectivity index (χ4n) is 2.36. The molecule has 1 aromatic rings. The molecule has 7 nitrogen and oxygen atoms in total. The zero-order valence-corrected chi connectivity index (χ0v) is 13.0. The zero-order chi connectivity index (χ0) is 15.5. The summed E-state index contributed by atoms with van der Waals surface area (Å²) >= 11 is 0. The van der Waals surface area contributed by atoms with Gasteiger partial charge in [-0.3, -0.25) is 10.1 Å². The highest BCUT2D eigenvalue weighted by Crippen LogP contribution is 2.32. The molecule has 0 aliphatic heterocycles. The first kappa shape index (κ1) is 16.4. The summed E-state index contributed by atoms with van der Waals surface area (Å²) in [7, 11) is 3.59. The highest BCUT2D eigenvalue weighted by atomic mass is 16.6. The lowest BCUT2D eigenvalue weighted by atomic mass is 9.93. The molecule has 114 valence electrons. The van der Waals surface area contributed by atoms with Gasteiger partial charge in [-0.15, -0.1) is 0 Å². The molecule has 7 heteroatoms. The van der Waals surface area contributed by atoms with Gasteiger partial charge in [-0.1, -0.05) is 27.2 Å². The van der Waals surface area contributed by atoms with Crippen molar-refractivity contribution in [1.82, 2.24) is 9.78 Å². The van der Waals surface area contributed by atoms with Crippen LogP contribution in [-0.4, -0.2) is 34.8 Å². The average molecular weight is 283 g/mol. The summed E-state index contributed by atoms with van der Waals surface area (Å²) in [5.74, 6) is 0.542. The Labute approximate surface area is 119 Å². The minimum absolute atomic E-state index is 0.113. The van der Waals surface area contributed by atoms with Crippen LogP contribution in [0.25, 0.3) is 0 Å². The lowest BCUT2D eigenvalue weighted by Gasteiger charge is -2.29. The lowest BCUT2D eigenvalue weighted by molar-refractivity contribution is -0.384. The van der Waals surface area contributed by atoms with Crippen LogP contribution in [0.1, 0.15) is 32.9 Å². The Bertz CT molecular complexity index is 481. The molecule has 0 aromatic carbocycles. The van der Waals surface area contributed by atoms with Gasteiger partial charge in [0.2, 0.25) is 5.82 Å². The van der Waals surface area contributed by atoms with Gasteiger partial charge in [-0.05, 0) is 18.4 Å². The molecule has 2 N–H and O–H groups in total. The van der Waals surface area contributed by atoms with Crippen LogP contribution in [0.4, 0.5) is 11.5 Å². The zero-order valence-electron chi connectivity index (χ0n) is 13.0. The second kappa shape index (κ2) is 6.21. The smallest absolute Gasteiger partial charge is 0.334 e. The predicted molar refractivity (Wildman–Crippen MR) is 80.0 cm³/mol. The summed E-state index contributed by atoms with van der Waals surface area (Å²) in [6.45, 7) is 7.22. The van der Waals surface area contributed by atoms with E-state index in [-0.39, 0.29) is 16.0 Å². The maximum absolute atomic E-state index is 11.4. The van der Waals surface area contributed by atoms with Gasteiger partial charge in [-0.25, -0.2) is 4.68 Å². The molecule has 0 radical (unpaired) electrons. The van der Waals surface area contributed by atoms with Crippen LogP contribution in [0.15, 0.2) is 0 Å². The van der Waals surface area contributed by atoms with Crippen LogP contribution < -0.4 is 10.6 Å². The van der Waals surface area contributed by atoms with E-state index in [1.807, 2.05) is 32.7 Å². The Balaban J connectivity index is 3.19. The quantitative estimate of drug-likeness (QED) is 0.607. The molecule has 0 atom stereocenters. The van der Waals surface area contributed by atoms with Crippen LogP contribution in [0.5, 0.6) is 0 Å². The van der Waals surface area contributed by atoms with Gasteiger partial charge in [-0.2, -0.15) is 5.10 Å². The fraction of sp³-hybridized carbons (Fsp3) is 0.769. The molecule has 0 aliphatic carbocycles. The van der Waals surface area contributed by atoms with Gasteiger partial charge in [0.15, 0.2) is 0 Å². The lowest BCUT2D eigenvalue weighted by Crippen LogP contribution is -2.37. The topological polar surface area (TPSA) is 90.2 Å². The molecule has 0 aliphatic rings. The Kier molecular flexibility index (Phi) is 5.10. The van der Waals surface area contributed by atoms with Crippen molar-refractivity contribution in [2.45, 2.75) is 33.6 Å². The van der Waals surface area contributed by atoms with Gasteiger partial charge in [0, 0.05) is 20.6 Å². The van der Waals surface area contributed by atoms with Crippen molar-refractivity contribution in [2.75, 3.05) is 25.0 Å². The van der Waals surface area contributed by atoms with E-state index >= 15 is 0 Å². The SMILES string of the molecule is CCCc1nn(C)c(N(C)CC(C)(C)CN)c1[N+](=O)[O-]. The second-order valence-corrected chi connectivity index (χ2v) is 5.97. The number of aromatic nitrogens is 2. The predicted octanol–water partition coefficient (Wildman–Crippen LogP) is 1.70. The third kappa shape index (κ3) is 3.47. The highest BCUT2D eigenvalue weighted by molar-refractivity contribution is 5.61. The van der Waals surface area contributed by atoms with Crippen molar-refractivity contribution < 1.29 is 4.92 Å². The molecule has 0 unspecified atom stereocenters. The third-order valence-electron chi connectivity index (χ3n) is 3.31. The number of hydrogen-bond acceptors (Lipinski definition) is 5. The minimum Gasteiger partial charge on any atom is -0.354 e. The van der Waals surface area contributed by atoms with Crippen molar-refractivity contribution in [3.8, 4) is 0 Å². The molecule has 0 saturated carbocycles. The number of rotatable bonds is 7. The van der Waals surface area contributed by atoms with Crippen LogP contribution in [0.2, 0.25) is 0 Å². The summed E-state index contributed by atoms with van der Waals surface area (Å²) in [5.41, 5.74) is 6.29. The number of hydrogen-bond donors (Lipinski definition) is 1. The summed E-state index contributed by atoms with van der Waals surface area (Å²) in [5, 5.41) is 15.7. The largest absolute Gasteiger partial charge is 0.354 e. The summed E-state index contributed by atoms with van der Waals surface area (Å²) in [4.78, 5) is 12.9. The number of aryl methyl sites for hydroxylation is 2. The maximum Gasteiger partial charge on any atom is 0.334 e. The number of nitrogens with two attached hydrogens (primary N) is 1. The second-order valence-electron chi connectivity index (χ2n) is 5.97. The molecule has 0 amide bonds. The Morgan fingerprint density at radius 2 is 2.10 bits per heavy atom. The van der Waals surface area contributed by atoms with E-state index in [0.717, 1.165) is 6.42 Å². The van der Waals surface area contributed by atoms with Crippen LogP contribution in [-0.2, 0) is 13.5 Å². The summed E-state index contributed by atoms with van der Waals surface area (Å²) in [6.07, 6.45) is 1.44. The van der Waals surface area contributed by atoms with E-state index in [1.54, 1.807) is 11.7 Å². The molecule has 0 saturated heterocycles. The summed E-state index contributed by atoms with van der Waals surface area (Å²) < 4.78 is 1.59. The van der Waals surface area contributed by atoms with Crippen LogP contribution in [0.3, 0.4) is 0 Å². The number of nitrogens with zero attached hydrogens (tertiary/aromatic N) is 4. The average Bonchev–Trinajstić information content (AvgIpc) is 2.66.